The first-order valence-corrected chi connectivity index (χ1v) is 9.89. The third-order valence-electron chi connectivity index (χ3n) is 4.47. The molecule has 2 aromatic rings. The highest BCUT2D eigenvalue weighted by Crippen LogP contribution is 2.25. The smallest absolute Gasteiger partial charge is 0.243 e. The molecule has 1 aliphatic heterocycles. The number of hydrogen-bond donors (Lipinski definition) is 1. The van der Waals surface area contributed by atoms with Crippen LogP contribution in [-0.2, 0) is 21.4 Å². The summed E-state index contributed by atoms with van der Waals surface area (Å²) in [5.74, 6) is 0.734. The van der Waals surface area contributed by atoms with E-state index in [1.165, 1.54) is 23.5 Å². The number of hydrogen-bond acceptors (Lipinski definition) is 5. The lowest BCUT2D eigenvalue weighted by Gasteiger charge is -2.31. The molecule has 1 unspecified atom stereocenters. The molecule has 140 valence electrons. The minimum absolute atomic E-state index is 0.156. The van der Waals surface area contributed by atoms with Crippen molar-refractivity contribution >= 4 is 15.9 Å². The van der Waals surface area contributed by atoms with Gasteiger partial charge in [0.1, 0.15) is 11.5 Å². The zero-order chi connectivity index (χ0) is 18.6. The molecule has 1 aromatic heterocycles. The van der Waals surface area contributed by atoms with Crippen molar-refractivity contribution in [2.24, 2.45) is 5.92 Å². The van der Waals surface area contributed by atoms with Crippen LogP contribution in [0, 0.1) is 5.92 Å². The maximum atomic E-state index is 12.8. The van der Waals surface area contributed by atoms with Gasteiger partial charge in [0.2, 0.25) is 15.9 Å². The van der Waals surface area contributed by atoms with Crippen LogP contribution in [0.15, 0.2) is 52.0 Å². The van der Waals surface area contributed by atoms with Crippen LogP contribution >= 0.6 is 0 Å². The first kappa shape index (κ1) is 18.5. The first-order chi connectivity index (χ1) is 12.5. The Morgan fingerprint density at radius 3 is 2.73 bits per heavy atom. The van der Waals surface area contributed by atoms with Crippen LogP contribution in [0.1, 0.15) is 18.6 Å². The first-order valence-electron chi connectivity index (χ1n) is 8.45. The number of rotatable bonds is 6. The Hall–Kier alpha value is -2.32. The van der Waals surface area contributed by atoms with E-state index in [9.17, 15) is 13.2 Å². The maximum absolute atomic E-state index is 12.8. The third-order valence-corrected chi connectivity index (χ3v) is 6.35. The Labute approximate surface area is 153 Å². The highest BCUT2D eigenvalue weighted by atomic mass is 32.2. The highest BCUT2D eigenvalue weighted by molar-refractivity contribution is 7.89. The number of methoxy groups -OCH3 is 1. The predicted octanol–water partition coefficient (Wildman–Crippen LogP) is 2.01. The quantitative estimate of drug-likeness (QED) is 0.831. The monoisotopic (exact) mass is 378 g/mol. The molecule has 26 heavy (non-hydrogen) atoms. The van der Waals surface area contributed by atoms with Gasteiger partial charge in [0.25, 0.3) is 0 Å². The third kappa shape index (κ3) is 4.08. The Balaban J connectivity index is 1.65. The molecule has 1 N–H and O–H groups in total. The van der Waals surface area contributed by atoms with E-state index >= 15 is 0 Å². The normalized spacial score (nSPS) is 18.4. The van der Waals surface area contributed by atoms with E-state index in [-0.39, 0.29) is 23.3 Å². The molecule has 7 nitrogen and oxygen atoms in total. The van der Waals surface area contributed by atoms with Crippen molar-refractivity contribution < 1.29 is 22.4 Å². The summed E-state index contributed by atoms with van der Waals surface area (Å²) >= 11 is 0. The molecule has 0 saturated carbocycles. The molecule has 3 rings (SSSR count). The molecule has 0 bridgehead atoms. The fourth-order valence-corrected chi connectivity index (χ4v) is 4.53. The molecule has 1 saturated heterocycles. The number of piperidine rings is 1. The number of sulfonamides is 1. The topological polar surface area (TPSA) is 88.9 Å². The largest absolute Gasteiger partial charge is 0.497 e. The lowest BCUT2D eigenvalue weighted by atomic mass is 9.99. The molecule has 1 aromatic carbocycles. The minimum Gasteiger partial charge on any atom is -0.497 e. The van der Waals surface area contributed by atoms with Crippen LogP contribution in [-0.4, -0.2) is 38.8 Å². The van der Waals surface area contributed by atoms with Gasteiger partial charge in [-0.2, -0.15) is 4.31 Å². The molecule has 0 radical (unpaired) electrons. The van der Waals surface area contributed by atoms with Gasteiger partial charge in [-0.15, -0.1) is 0 Å². The van der Waals surface area contributed by atoms with Crippen molar-refractivity contribution in [1.82, 2.24) is 9.62 Å². The van der Waals surface area contributed by atoms with Crippen molar-refractivity contribution in [1.29, 1.82) is 0 Å². The molecular weight excluding hydrogens is 356 g/mol. The van der Waals surface area contributed by atoms with Gasteiger partial charge in [-0.25, -0.2) is 8.42 Å². The van der Waals surface area contributed by atoms with E-state index in [1.807, 2.05) is 0 Å². The summed E-state index contributed by atoms with van der Waals surface area (Å²) in [5, 5.41) is 2.81. The number of nitrogens with one attached hydrogen (secondary N) is 1. The number of nitrogens with zero attached hydrogens (tertiary/aromatic N) is 1. The van der Waals surface area contributed by atoms with E-state index in [2.05, 4.69) is 5.32 Å². The fourth-order valence-electron chi connectivity index (χ4n) is 3.00. The number of benzene rings is 1. The summed E-state index contributed by atoms with van der Waals surface area (Å²) in [4.78, 5) is 12.6. The summed E-state index contributed by atoms with van der Waals surface area (Å²) in [7, 11) is -2.10. The van der Waals surface area contributed by atoms with Gasteiger partial charge >= 0.3 is 0 Å². The number of carbonyl (C=O) groups is 1. The van der Waals surface area contributed by atoms with Gasteiger partial charge in [0, 0.05) is 13.1 Å². The van der Waals surface area contributed by atoms with E-state index < -0.39 is 10.0 Å². The summed E-state index contributed by atoms with van der Waals surface area (Å²) in [5.41, 5.74) is 0. The van der Waals surface area contributed by atoms with Gasteiger partial charge < -0.3 is 14.5 Å². The summed E-state index contributed by atoms with van der Waals surface area (Å²) in [6, 6.07) is 9.81. The van der Waals surface area contributed by atoms with Gasteiger partial charge in [0.05, 0.1) is 30.7 Å². The second-order valence-corrected chi connectivity index (χ2v) is 8.11. The van der Waals surface area contributed by atoms with Gasteiger partial charge in [-0.05, 0) is 49.2 Å². The number of furan rings is 1. The second kappa shape index (κ2) is 7.92. The number of ether oxygens (including phenoxy) is 1. The average Bonchev–Trinajstić information content (AvgIpc) is 3.20. The van der Waals surface area contributed by atoms with E-state index in [0.29, 0.717) is 37.4 Å². The van der Waals surface area contributed by atoms with Crippen molar-refractivity contribution in [3.8, 4) is 5.75 Å². The molecule has 1 amide bonds. The molecule has 8 heteroatoms. The SMILES string of the molecule is COc1ccc(S(=O)(=O)N2CCCC(C(=O)NCc3ccco3)C2)cc1. The molecular formula is C18H22N2O5S. The predicted molar refractivity (Wildman–Crippen MR) is 95.0 cm³/mol. The summed E-state index contributed by atoms with van der Waals surface area (Å²) in [6.45, 7) is 0.891. The van der Waals surface area contributed by atoms with Crippen LogP contribution in [0.5, 0.6) is 5.75 Å². The van der Waals surface area contributed by atoms with Crippen molar-refractivity contribution in [2.75, 3.05) is 20.2 Å². The Morgan fingerprint density at radius 2 is 2.08 bits per heavy atom. The molecule has 0 aliphatic carbocycles. The number of amides is 1. The van der Waals surface area contributed by atoms with Gasteiger partial charge in [0.15, 0.2) is 0 Å². The minimum atomic E-state index is -3.63. The van der Waals surface area contributed by atoms with Crippen molar-refractivity contribution in [3.05, 3.63) is 48.4 Å². The Bertz CT molecular complexity index is 831. The van der Waals surface area contributed by atoms with E-state index in [0.717, 1.165) is 0 Å². The number of carbonyl (C=O) groups excluding carboxylic acids is 1. The Morgan fingerprint density at radius 1 is 1.31 bits per heavy atom. The lowest BCUT2D eigenvalue weighted by molar-refractivity contribution is -0.126. The van der Waals surface area contributed by atoms with Crippen molar-refractivity contribution in [3.63, 3.8) is 0 Å². The van der Waals surface area contributed by atoms with Crippen LogP contribution in [0.4, 0.5) is 0 Å². The molecule has 1 aliphatic rings. The fraction of sp³-hybridized carbons (Fsp3) is 0.389. The average molecular weight is 378 g/mol. The van der Waals surface area contributed by atoms with Gasteiger partial charge in [-0.1, -0.05) is 0 Å². The maximum Gasteiger partial charge on any atom is 0.243 e. The molecule has 0 spiro atoms. The molecule has 1 atom stereocenters. The highest BCUT2D eigenvalue weighted by Gasteiger charge is 2.33. The summed E-state index contributed by atoms with van der Waals surface area (Å²) < 4.78 is 37.3. The van der Waals surface area contributed by atoms with E-state index in [4.69, 9.17) is 9.15 Å². The molecule has 2 heterocycles. The summed E-state index contributed by atoms with van der Waals surface area (Å²) in [6.07, 6.45) is 2.86. The van der Waals surface area contributed by atoms with Crippen LogP contribution in [0.2, 0.25) is 0 Å². The van der Waals surface area contributed by atoms with Crippen molar-refractivity contribution in [2.45, 2.75) is 24.3 Å². The standard InChI is InChI=1S/C18H22N2O5S/c1-24-15-6-8-17(9-7-15)26(22,23)20-10-2-4-14(13-20)18(21)19-12-16-5-3-11-25-16/h3,5-9,11,14H,2,4,10,12-13H2,1H3,(H,19,21). The van der Waals surface area contributed by atoms with Crippen LogP contribution in [0.25, 0.3) is 0 Å². The molecule has 1 fully saturated rings. The Kier molecular flexibility index (Phi) is 5.63. The van der Waals surface area contributed by atoms with Crippen LogP contribution < -0.4 is 10.1 Å². The van der Waals surface area contributed by atoms with Gasteiger partial charge in [-0.3, -0.25) is 4.79 Å². The zero-order valence-corrected chi connectivity index (χ0v) is 15.4. The lowest BCUT2D eigenvalue weighted by Crippen LogP contribution is -2.45. The van der Waals surface area contributed by atoms with E-state index in [1.54, 1.807) is 30.5 Å². The zero-order valence-electron chi connectivity index (χ0n) is 14.6. The van der Waals surface area contributed by atoms with Crippen LogP contribution in [0.3, 0.4) is 0 Å². The second-order valence-electron chi connectivity index (χ2n) is 6.17.